The van der Waals surface area contributed by atoms with Crippen LogP contribution in [0.15, 0.2) is 173 Å². The normalized spacial score (nSPS) is 11.7. The lowest BCUT2D eigenvalue weighted by Crippen LogP contribution is -2.01. The maximum absolute atomic E-state index is 13.1. The van der Waals surface area contributed by atoms with Gasteiger partial charge in [0, 0.05) is 16.5 Å². The standard InChI is InChI=1S/C49H33NO2/c1-30-24-31(2)26-38(25-30)50-45-22-19-35(27-43(45)44-28-37(20-23-46(44)50)40-12-7-9-34-8-3-4-10-39(34)40)32-14-16-33(17-15-32)36-18-21-42-48(29-36)52-47-13-6-5-11-41(47)49(42)51/h3-29H,1-2H3. The van der Waals surface area contributed by atoms with Crippen molar-refractivity contribution in [2.24, 2.45) is 0 Å². The molecule has 0 radical (unpaired) electrons. The Morgan fingerprint density at radius 3 is 1.73 bits per heavy atom. The largest absolute Gasteiger partial charge is 0.456 e. The summed E-state index contributed by atoms with van der Waals surface area (Å²) in [5.74, 6) is 0. The van der Waals surface area contributed by atoms with Gasteiger partial charge in [-0.05, 0) is 130 Å². The average Bonchev–Trinajstić information content (AvgIpc) is 3.50. The molecule has 0 bridgehead atoms. The van der Waals surface area contributed by atoms with Gasteiger partial charge in [-0.3, -0.25) is 4.79 Å². The first-order valence-electron chi connectivity index (χ1n) is 17.7. The van der Waals surface area contributed by atoms with E-state index in [2.05, 4.69) is 140 Å². The van der Waals surface area contributed by atoms with Crippen molar-refractivity contribution in [2.75, 3.05) is 0 Å². The van der Waals surface area contributed by atoms with Crippen molar-refractivity contribution >= 4 is 54.5 Å². The molecule has 8 aromatic carbocycles. The Morgan fingerprint density at radius 2 is 0.981 bits per heavy atom. The van der Waals surface area contributed by atoms with E-state index in [-0.39, 0.29) is 5.43 Å². The second-order valence-electron chi connectivity index (χ2n) is 13.9. The molecule has 0 saturated heterocycles. The summed E-state index contributed by atoms with van der Waals surface area (Å²) in [6.45, 7) is 4.33. The summed E-state index contributed by atoms with van der Waals surface area (Å²) in [4.78, 5) is 13.1. The van der Waals surface area contributed by atoms with Crippen molar-refractivity contribution in [1.29, 1.82) is 0 Å². The summed E-state index contributed by atoms with van der Waals surface area (Å²) in [6, 6.07) is 57.7. The number of aromatic nitrogens is 1. The van der Waals surface area contributed by atoms with E-state index in [0.29, 0.717) is 21.9 Å². The average molecular weight is 668 g/mol. The molecule has 2 aromatic heterocycles. The molecule has 0 fully saturated rings. The van der Waals surface area contributed by atoms with Gasteiger partial charge in [-0.25, -0.2) is 0 Å². The predicted molar refractivity (Wildman–Crippen MR) is 218 cm³/mol. The van der Waals surface area contributed by atoms with E-state index in [1.165, 1.54) is 60.5 Å². The van der Waals surface area contributed by atoms with E-state index in [9.17, 15) is 4.79 Å². The van der Waals surface area contributed by atoms with Gasteiger partial charge in [-0.1, -0.05) is 103 Å². The number of fused-ring (bicyclic) bond motifs is 6. The van der Waals surface area contributed by atoms with Crippen LogP contribution in [0.4, 0.5) is 0 Å². The third-order valence-corrected chi connectivity index (χ3v) is 10.5. The van der Waals surface area contributed by atoms with Crippen molar-refractivity contribution in [3.05, 3.63) is 185 Å². The summed E-state index contributed by atoms with van der Waals surface area (Å²) in [5, 5.41) is 6.13. The van der Waals surface area contributed by atoms with E-state index in [1.54, 1.807) is 0 Å². The highest BCUT2D eigenvalue weighted by Crippen LogP contribution is 2.39. The zero-order valence-corrected chi connectivity index (χ0v) is 28.9. The van der Waals surface area contributed by atoms with Crippen LogP contribution in [-0.4, -0.2) is 4.57 Å². The number of hydrogen-bond donors (Lipinski definition) is 0. The molecule has 246 valence electrons. The molecular formula is C49H33NO2. The van der Waals surface area contributed by atoms with Crippen LogP contribution in [-0.2, 0) is 0 Å². The highest BCUT2D eigenvalue weighted by Gasteiger charge is 2.16. The highest BCUT2D eigenvalue weighted by molar-refractivity contribution is 6.12. The maximum Gasteiger partial charge on any atom is 0.200 e. The number of para-hydroxylation sites is 1. The van der Waals surface area contributed by atoms with Gasteiger partial charge in [0.15, 0.2) is 0 Å². The number of nitrogens with zero attached hydrogens (tertiary/aromatic N) is 1. The molecule has 0 aliphatic carbocycles. The van der Waals surface area contributed by atoms with Crippen molar-refractivity contribution in [3.63, 3.8) is 0 Å². The van der Waals surface area contributed by atoms with Gasteiger partial charge < -0.3 is 8.98 Å². The fourth-order valence-corrected chi connectivity index (χ4v) is 8.04. The third-order valence-electron chi connectivity index (χ3n) is 10.5. The zero-order valence-electron chi connectivity index (χ0n) is 28.9. The predicted octanol–water partition coefficient (Wildman–Crippen LogP) is 12.8. The lowest BCUT2D eigenvalue weighted by Gasteiger charge is -2.11. The van der Waals surface area contributed by atoms with Gasteiger partial charge in [0.05, 0.1) is 21.8 Å². The number of aryl methyl sites for hydroxylation is 2. The van der Waals surface area contributed by atoms with Crippen LogP contribution >= 0.6 is 0 Å². The number of rotatable bonds is 4. The molecule has 3 heteroatoms. The Kier molecular flexibility index (Phi) is 6.77. The molecule has 0 unspecified atom stereocenters. The Balaban J connectivity index is 1.11. The van der Waals surface area contributed by atoms with Crippen LogP contribution in [0.2, 0.25) is 0 Å². The molecule has 0 atom stereocenters. The molecule has 0 aliphatic heterocycles. The monoisotopic (exact) mass is 667 g/mol. The van der Waals surface area contributed by atoms with Crippen molar-refractivity contribution in [1.82, 2.24) is 4.57 Å². The summed E-state index contributed by atoms with van der Waals surface area (Å²) >= 11 is 0. The molecule has 0 saturated carbocycles. The molecular weight excluding hydrogens is 635 g/mol. The van der Waals surface area contributed by atoms with Crippen molar-refractivity contribution in [2.45, 2.75) is 13.8 Å². The van der Waals surface area contributed by atoms with Crippen LogP contribution in [0.5, 0.6) is 0 Å². The fraction of sp³-hybridized carbons (Fsp3) is 0.0408. The van der Waals surface area contributed by atoms with E-state index in [4.69, 9.17) is 4.42 Å². The van der Waals surface area contributed by atoms with E-state index >= 15 is 0 Å². The van der Waals surface area contributed by atoms with Crippen LogP contribution in [0, 0.1) is 13.8 Å². The Labute approximate surface area is 300 Å². The lowest BCUT2D eigenvalue weighted by atomic mass is 9.96. The quantitative estimate of drug-likeness (QED) is 0.175. The third kappa shape index (κ3) is 4.85. The van der Waals surface area contributed by atoms with Crippen LogP contribution < -0.4 is 5.43 Å². The van der Waals surface area contributed by atoms with Crippen molar-refractivity contribution in [3.8, 4) is 39.1 Å². The summed E-state index contributed by atoms with van der Waals surface area (Å²) in [5.41, 5.74) is 14.0. The molecule has 10 aromatic rings. The van der Waals surface area contributed by atoms with Crippen LogP contribution in [0.1, 0.15) is 11.1 Å². The Morgan fingerprint density at radius 1 is 0.423 bits per heavy atom. The summed E-state index contributed by atoms with van der Waals surface area (Å²) < 4.78 is 8.57. The molecule has 3 nitrogen and oxygen atoms in total. The van der Waals surface area contributed by atoms with E-state index in [0.717, 1.165) is 22.3 Å². The molecule has 10 rings (SSSR count). The Hall–Kier alpha value is -6.71. The minimum Gasteiger partial charge on any atom is -0.456 e. The summed E-state index contributed by atoms with van der Waals surface area (Å²) in [6.07, 6.45) is 0. The van der Waals surface area contributed by atoms with Gasteiger partial charge in [-0.2, -0.15) is 0 Å². The smallest absolute Gasteiger partial charge is 0.200 e. The fourth-order valence-electron chi connectivity index (χ4n) is 8.04. The summed E-state index contributed by atoms with van der Waals surface area (Å²) in [7, 11) is 0. The second kappa shape index (κ2) is 11.7. The van der Waals surface area contributed by atoms with Crippen LogP contribution in [0.25, 0.3) is 93.6 Å². The molecule has 0 spiro atoms. The first-order chi connectivity index (χ1) is 25.5. The first-order valence-corrected chi connectivity index (χ1v) is 17.7. The molecule has 0 aliphatic rings. The minimum absolute atomic E-state index is 0.00253. The van der Waals surface area contributed by atoms with Gasteiger partial charge in [-0.15, -0.1) is 0 Å². The zero-order chi connectivity index (χ0) is 34.9. The molecule has 52 heavy (non-hydrogen) atoms. The van der Waals surface area contributed by atoms with Gasteiger partial charge in [0.2, 0.25) is 5.43 Å². The first kappa shape index (κ1) is 30.1. The lowest BCUT2D eigenvalue weighted by molar-refractivity contribution is 0.660. The van der Waals surface area contributed by atoms with E-state index in [1.807, 2.05) is 42.5 Å². The SMILES string of the molecule is Cc1cc(C)cc(-n2c3ccc(-c4ccc(-c5ccc6c(=O)c7ccccc7oc6c5)cc4)cc3c3cc(-c4cccc5ccccc45)ccc32)c1. The van der Waals surface area contributed by atoms with Crippen molar-refractivity contribution < 1.29 is 4.42 Å². The molecule has 2 heterocycles. The van der Waals surface area contributed by atoms with Gasteiger partial charge in [0.1, 0.15) is 11.2 Å². The second-order valence-corrected chi connectivity index (χ2v) is 13.9. The highest BCUT2D eigenvalue weighted by atomic mass is 16.3. The molecule has 0 N–H and O–H groups in total. The van der Waals surface area contributed by atoms with Crippen LogP contribution in [0.3, 0.4) is 0 Å². The number of hydrogen-bond acceptors (Lipinski definition) is 2. The maximum atomic E-state index is 13.1. The minimum atomic E-state index is -0.00253. The topological polar surface area (TPSA) is 35.1 Å². The van der Waals surface area contributed by atoms with Gasteiger partial charge in [0.25, 0.3) is 0 Å². The van der Waals surface area contributed by atoms with E-state index < -0.39 is 0 Å². The van der Waals surface area contributed by atoms with Gasteiger partial charge >= 0.3 is 0 Å². The molecule has 0 amide bonds. The number of benzene rings is 8. The Bertz CT molecular complexity index is 3080.